The van der Waals surface area contributed by atoms with E-state index in [4.69, 9.17) is 0 Å². The number of nitriles is 1. The molecular weight excluding hydrogens is 350 g/mol. The van der Waals surface area contributed by atoms with Gasteiger partial charge in [0.05, 0.1) is 6.07 Å². The Morgan fingerprint density at radius 2 is 1.89 bits per heavy atom. The number of amides is 1. The lowest BCUT2D eigenvalue weighted by molar-refractivity contribution is -0.118. The highest BCUT2D eigenvalue weighted by Gasteiger charge is 2.21. The number of carbonyl (C=O) groups is 1. The van der Waals surface area contributed by atoms with E-state index in [1.54, 1.807) is 6.07 Å². The van der Waals surface area contributed by atoms with Crippen molar-refractivity contribution < 1.29 is 4.79 Å². The summed E-state index contributed by atoms with van der Waals surface area (Å²) in [5, 5.41) is 13.3. The molecule has 1 atom stereocenters. The third-order valence-electron chi connectivity index (χ3n) is 5.02. The van der Waals surface area contributed by atoms with Crippen molar-refractivity contribution in [3.63, 3.8) is 0 Å². The quantitative estimate of drug-likeness (QED) is 0.708. The maximum absolute atomic E-state index is 12.7. The second-order valence-electron chi connectivity index (χ2n) is 7.04. The number of nitrogens with one attached hydrogen (secondary N) is 2. The lowest BCUT2D eigenvalue weighted by Crippen LogP contribution is -2.26. The van der Waals surface area contributed by atoms with Gasteiger partial charge in [0.25, 0.3) is 5.56 Å². The summed E-state index contributed by atoms with van der Waals surface area (Å²) in [5.41, 5.74) is 4.66. The number of rotatable bonds is 5. The molecule has 0 radical (unpaired) electrons. The SMILES string of the molecule is CCc1ccc2[nH]c(=O)c(CC(C#N)C(=O)Nc3c(C)cccc3C)cc2c1. The molecule has 0 aliphatic rings. The molecule has 0 saturated heterocycles. The Hall–Kier alpha value is -3.39. The molecule has 28 heavy (non-hydrogen) atoms. The standard InChI is InChI=1S/C23H23N3O2/c1-4-16-8-9-20-17(10-16)11-18(22(27)25-20)12-19(13-24)23(28)26-21-14(2)6-5-7-15(21)3/h5-11,19H,4,12H2,1-3H3,(H,25,27)(H,26,28). The molecule has 2 N–H and O–H groups in total. The summed E-state index contributed by atoms with van der Waals surface area (Å²) in [6, 6.07) is 15.4. The van der Waals surface area contributed by atoms with Gasteiger partial charge < -0.3 is 10.3 Å². The molecule has 142 valence electrons. The molecule has 5 nitrogen and oxygen atoms in total. The van der Waals surface area contributed by atoms with Crippen molar-refractivity contribution in [2.45, 2.75) is 33.6 Å². The van der Waals surface area contributed by atoms with E-state index in [-0.39, 0.29) is 12.0 Å². The summed E-state index contributed by atoms with van der Waals surface area (Å²) in [6.45, 7) is 5.88. The van der Waals surface area contributed by atoms with Crippen LogP contribution in [0.1, 0.15) is 29.2 Å². The van der Waals surface area contributed by atoms with E-state index in [9.17, 15) is 14.9 Å². The van der Waals surface area contributed by atoms with E-state index in [0.29, 0.717) is 11.3 Å². The summed E-state index contributed by atoms with van der Waals surface area (Å²) in [6.07, 6.45) is 0.957. The zero-order chi connectivity index (χ0) is 20.3. The minimum atomic E-state index is -0.952. The van der Waals surface area contributed by atoms with Crippen LogP contribution in [0.15, 0.2) is 47.3 Å². The molecule has 0 saturated carbocycles. The van der Waals surface area contributed by atoms with Gasteiger partial charge >= 0.3 is 0 Å². The molecule has 1 unspecified atom stereocenters. The third-order valence-corrected chi connectivity index (χ3v) is 5.02. The van der Waals surface area contributed by atoms with Crippen LogP contribution in [0.25, 0.3) is 10.9 Å². The van der Waals surface area contributed by atoms with E-state index < -0.39 is 11.8 Å². The zero-order valence-corrected chi connectivity index (χ0v) is 16.3. The molecular formula is C23H23N3O2. The van der Waals surface area contributed by atoms with Gasteiger partial charge in [-0.25, -0.2) is 0 Å². The van der Waals surface area contributed by atoms with E-state index in [1.165, 1.54) is 0 Å². The predicted octanol–water partition coefficient (Wildman–Crippen LogP) is 4.03. The van der Waals surface area contributed by atoms with Gasteiger partial charge in [-0.3, -0.25) is 9.59 Å². The fourth-order valence-corrected chi connectivity index (χ4v) is 3.31. The number of fused-ring (bicyclic) bond motifs is 1. The fraction of sp³-hybridized carbons (Fsp3) is 0.261. The van der Waals surface area contributed by atoms with Crippen molar-refractivity contribution in [3.8, 4) is 6.07 Å². The molecule has 0 fully saturated rings. The number of H-pyrrole nitrogens is 1. The Labute approximate surface area is 164 Å². The Kier molecular flexibility index (Phi) is 5.60. The largest absolute Gasteiger partial charge is 0.324 e. The maximum Gasteiger partial charge on any atom is 0.251 e. The number of hydrogen-bond donors (Lipinski definition) is 2. The number of carbonyl (C=O) groups excluding carboxylic acids is 1. The van der Waals surface area contributed by atoms with Gasteiger partial charge in [-0.1, -0.05) is 31.2 Å². The van der Waals surface area contributed by atoms with Crippen molar-refractivity contribution in [2.75, 3.05) is 5.32 Å². The van der Waals surface area contributed by atoms with Gasteiger partial charge in [0.1, 0.15) is 5.92 Å². The molecule has 3 rings (SSSR count). The van der Waals surface area contributed by atoms with Gasteiger partial charge in [-0.05, 0) is 60.5 Å². The average Bonchev–Trinajstić information content (AvgIpc) is 2.68. The minimum Gasteiger partial charge on any atom is -0.324 e. The van der Waals surface area contributed by atoms with Crippen LogP contribution in [0, 0.1) is 31.1 Å². The molecule has 1 aromatic heterocycles. The molecule has 0 spiro atoms. The molecule has 0 aliphatic carbocycles. The first-order valence-electron chi connectivity index (χ1n) is 9.34. The van der Waals surface area contributed by atoms with E-state index in [2.05, 4.69) is 17.2 Å². The van der Waals surface area contributed by atoms with Gasteiger partial charge in [0, 0.05) is 23.2 Å². The first-order valence-corrected chi connectivity index (χ1v) is 9.34. The van der Waals surface area contributed by atoms with Crippen LogP contribution >= 0.6 is 0 Å². The van der Waals surface area contributed by atoms with Crippen LogP contribution < -0.4 is 10.9 Å². The zero-order valence-electron chi connectivity index (χ0n) is 16.3. The lowest BCUT2D eigenvalue weighted by Gasteiger charge is -2.14. The summed E-state index contributed by atoms with van der Waals surface area (Å²) in [7, 11) is 0. The first kappa shape index (κ1) is 19.4. The third kappa shape index (κ3) is 3.96. The fourth-order valence-electron chi connectivity index (χ4n) is 3.31. The summed E-state index contributed by atoms with van der Waals surface area (Å²) in [4.78, 5) is 28.0. The smallest absolute Gasteiger partial charge is 0.251 e. The number of hydrogen-bond acceptors (Lipinski definition) is 3. The number of anilines is 1. The summed E-state index contributed by atoms with van der Waals surface area (Å²) >= 11 is 0. The normalized spacial score (nSPS) is 11.8. The molecule has 0 bridgehead atoms. The minimum absolute atomic E-state index is 0.0644. The molecule has 3 aromatic rings. The van der Waals surface area contributed by atoms with Gasteiger partial charge in [0.2, 0.25) is 5.91 Å². The van der Waals surface area contributed by atoms with Gasteiger partial charge in [-0.15, -0.1) is 0 Å². The molecule has 5 heteroatoms. The van der Waals surface area contributed by atoms with Gasteiger partial charge in [-0.2, -0.15) is 5.26 Å². The first-order chi connectivity index (χ1) is 13.4. The monoisotopic (exact) mass is 373 g/mol. The van der Waals surface area contributed by atoms with Crippen molar-refractivity contribution in [1.29, 1.82) is 5.26 Å². The second kappa shape index (κ2) is 8.10. The number of pyridine rings is 1. The molecule has 0 aliphatic heterocycles. The van der Waals surface area contributed by atoms with Crippen molar-refractivity contribution in [1.82, 2.24) is 4.98 Å². The van der Waals surface area contributed by atoms with Crippen LogP contribution in [0.5, 0.6) is 0 Å². The number of benzene rings is 2. The highest BCUT2D eigenvalue weighted by atomic mass is 16.2. The summed E-state index contributed by atoms with van der Waals surface area (Å²) < 4.78 is 0. The molecule has 1 heterocycles. The van der Waals surface area contributed by atoms with Crippen molar-refractivity contribution >= 4 is 22.5 Å². The Morgan fingerprint density at radius 1 is 1.18 bits per heavy atom. The number of nitrogens with zero attached hydrogens (tertiary/aromatic N) is 1. The molecule has 1 amide bonds. The van der Waals surface area contributed by atoms with Crippen LogP contribution in [0.4, 0.5) is 5.69 Å². The maximum atomic E-state index is 12.7. The number of aromatic nitrogens is 1. The Morgan fingerprint density at radius 3 is 2.54 bits per heavy atom. The van der Waals surface area contributed by atoms with Crippen molar-refractivity contribution in [3.05, 3.63) is 75.1 Å². The van der Waals surface area contributed by atoms with E-state index >= 15 is 0 Å². The van der Waals surface area contributed by atoms with Crippen LogP contribution in [-0.4, -0.2) is 10.9 Å². The van der Waals surface area contributed by atoms with E-state index in [1.807, 2.05) is 56.3 Å². The predicted molar refractivity (Wildman–Crippen MR) is 111 cm³/mol. The number of aryl methyl sites for hydroxylation is 3. The van der Waals surface area contributed by atoms with Crippen molar-refractivity contribution in [2.24, 2.45) is 5.92 Å². The van der Waals surface area contributed by atoms with Crippen LogP contribution in [-0.2, 0) is 17.6 Å². The molecule has 2 aromatic carbocycles. The topological polar surface area (TPSA) is 85.8 Å². The second-order valence-corrected chi connectivity index (χ2v) is 7.04. The summed E-state index contributed by atoms with van der Waals surface area (Å²) in [5.74, 6) is -1.35. The lowest BCUT2D eigenvalue weighted by atomic mass is 9.98. The van der Waals surface area contributed by atoms with Crippen LogP contribution in [0.2, 0.25) is 0 Å². The Bertz CT molecular complexity index is 1120. The number of aromatic amines is 1. The Balaban J connectivity index is 1.88. The highest BCUT2D eigenvalue weighted by Crippen LogP contribution is 2.21. The van der Waals surface area contributed by atoms with Crippen LogP contribution in [0.3, 0.4) is 0 Å². The number of para-hydroxylation sites is 1. The average molecular weight is 373 g/mol. The highest BCUT2D eigenvalue weighted by molar-refractivity contribution is 5.95. The van der Waals surface area contributed by atoms with Gasteiger partial charge in [0.15, 0.2) is 0 Å². The van der Waals surface area contributed by atoms with E-state index in [0.717, 1.165) is 34.0 Å².